The maximum Gasteiger partial charge on any atom is 0.264 e. The standard InChI is InChI=1S/C36H40FN3O6S/c1-4-5-22-38-36(42)32(23-27-14-8-6-9-15-27)39(25-28-16-12-13-19-31(28)37)35(41)26-40(47(43,44)30-17-10-7-11-18-30)29-20-21-33(45-2)34(24-29)46-3/h6-21,24,32H,4-5,22-23,25-26H2,1-3H3,(H,38,42). The number of halogens is 1. The first-order valence-electron chi connectivity index (χ1n) is 15.3. The predicted molar refractivity (Wildman–Crippen MR) is 179 cm³/mol. The quantitative estimate of drug-likeness (QED) is 0.157. The van der Waals surface area contributed by atoms with Gasteiger partial charge in [0.2, 0.25) is 11.8 Å². The molecule has 47 heavy (non-hydrogen) atoms. The van der Waals surface area contributed by atoms with E-state index in [0.717, 1.165) is 22.7 Å². The topological polar surface area (TPSA) is 105 Å². The number of nitrogens with zero attached hydrogens (tertiary/aromatic N) is 2. The maximum atomic E-state index is 15.1. The molecule has 0 radical (unpaired) electrons. The first kappa shape index (κ1) is 35.0. The summed E-state index contributed by atoms with van der Waals surface area (Å²) in [5.74, 6) is -1.05. The van der Waals surface area contributed by atoms with Gasteiger partial charge in [-0.05, 0) is 42.3 Å². The Morgan fingerprint density at radius 2 is 1.49 bits per heavy atom. The average molecular weight is 662 g/mol. The van der Waals surface area contributed by atoms with Crippen LogP contribution in [0.15, 0.2) is 108 Å². The largest absolute Gasteiger partial charge is 0.493 e. The minimum atomic E-state index is -4.32. The zero-order chi connectivity index (χ0) is 33.8. The van der Waals surface area contributed by atoms with Gasteiger partial charge >= 0.3 is 0 Å². The minimum Gasteiger partial charge on any atom is -0.493 e. The zero-order valence-electron chi connectivity index (χ0n) is 26.8. The van der Waals surface area contributed by atoms with Gasteiger partial charge in [0.1, 0.15) is 18.4 Å². The summed E-state index contributed by atoms with van der Waals surface area (Å²) < 4.78 is 55.2. The van der Waals surface area contributed by atoms with Crippen molar-refractivity contribution in [3.63, 3.8) is 0 Å². The van der Waals surface area contributed by atoms with Crippen molar-refractivity contribution in [2.75, 3.05) is 31.6 Å². The van der Waals surface area contributed by atoms with Gasteiger partial charge in [-0.15, -0.1) is 0 Å². The Kier molecular flexibility index (Phi) is 12.3. The summed E-state index contributed by atoms with van der Waals surface area (Å²) in [5.41, 5.74) is 1.10. The Labute approximate surface area is 276 Å². The maximum absolute atomic E-state index is 15.1. The van der Waals surface area contributed by atoms with Crippen molar-refractivity contribution < 1.29 is 31.9 Å². The summed E-state index contributed by atoms with van der Waals surface area (Å²) in [6.45, 7) is 1.43. The van der Waals surface area contributed by atoms with Crippen molar-refractivity contribution in [1.82, 2.24) is 10.2 Å². The monoisotopic (exact) mass is 661 g/mol. The van der Waals surface area contributed by atoms with Crippen LogP contribution < -0.4 is 19.1 Å². The van der Waals surface area contributed by atoms with E-state index in [0.29, 0.717) is 12.3 Å². The predicted octanol–water partition coefficient (Wildman–Crippen LogP) is 5.59. The number of rotatable bonds is 16. The Morgan fingerprint density at radius 3 is 2.13 bits per heavy atom. The molecule has 1 N–H and O–H groups in total. The fraction of sp³-hybridized carbons (Fsp3) is 0.278. The molecule has 0 saturated carbocycles. The SMILES string of the molecule is CCCCNC(=O)C(Cc1ccccc1)N(Cc1ccccc1F)C(=O)CN(c1ccc(OC)c(OC)c1)S(=O)(=O)c1ccccc1. The van der Waals surface area contributed by atoms with Gasteiger partial charge in [-0.2, -0.15) is 0 Å². The van der Waals surface area contributed by atoms with Crippen LogP contribution in [0.3, 0.4) is 0 Å². The highest BCUT2D eigenvalue weighted by atomic mass is 32.2. The first-order chi connectivity index (χ1) is 22.7. The third kappa shape index (κ3) is 8.88. The smallest absolute Gasteiger partial charge is 0.264 e. The second-order valence-electron chi connectivity index (χ2n) is 10.8. The van der Waals surface area contributed by atoms with Gasteiger partial charge < -0.3 is 19.7 Å². The van der Waals surface area contributed by atoms with Crippen LogP contribution in [0.1, 0.15) is 30.9 Å². The third-order valence-electron chi connectivity index (χ3n) is 7.66. The third-order valence-corrected chi connectivity index (χ3v) is 9.45. The molecule has 0 saturated heterocycles. The van der Waals surface area contributed by atoms with Gasteiger partial charge in [-0.1, -0.05) is 80.1 Å². The van der Waals surface area contributed by atoms with Crippen LogP contribution in [0.5, 0.6) is 11.5 Å². The summed E-state index contributed by atoms with van der Waals surface area (Å²) in [6, 6.07) is 26.4. The molecular formula is C36H40FN3O6S. The molecule has 0 aliphatic carbocycles. The minimum absolute atomic E-state index is 0.0404. The second kappa shape index (κ2) is 16.6. The number of amides is 2. The number of hydrogen-bond donors (Lipinski definition) is 1. The molecule has 1 atom stereocenters. The molecule has 0 bridgehead atoms. The second-order valence-corrected chi connectivity index (χ2v) is 12.7. The van der Waals surface area contributed by atoms with Gasteiger partial charge in [0.25, 0.3) is 10.0 Å². The van der Waals surface area contributed by atoms with E-state index in [1.54, 1.807) is 30.3 Å². The fourth-order valence-electron chi connectivity index (χ4n) is 5.10. The van der Waals surface area contributed by atoms with E-state index in [-0.39, 0.29) is 34.9 Å². The summed E-state index contributed by atoms with van der Waals surface area (Å²) in [4.78, 5) is 29.6. The molecule has 9 nitrogen and oxygen atoms in total. The van der Waals surface area contributed by atoms with Gasteiger partial charge in [-0.25, -0.2) is 12.8 Å². The number of carbonyl (C=O) groups excluding carboxylic acids is 2. The van der Waals surface area contributed by atoms with Crippen molar-refractivity contribution in [1.29, 1.82) is 0 Å². The molecule has 0 fully saturated rings. The van der Waals surface area contributed by atoms with E-state index < -0.39 is 40.2 Å². The van der Waals surface area contributed by atoms with E-state index >= 15 is 4.39 Å². The van der Waals surface area contributed by atoms with Crippen LogP contribution in [0, 0.1) is 5.82 Å². The number of hydrogen-bond acceptors (Lipinski definition) is 6. The molecule has 4 aromatic carbocycles. The van der Waals surface area contributed by atoms with Crippen LogP contribution in [-0.2, 0) is 32.6 Å². The summed E-state index contributed by atoms with van der Waals surface area (Å²) in [5, 5.41) is 2.92. The number of sulfonamides is 1. The lowest BCUT2D eigenvalue weighted by Gasteiger charge is -2.34. The molecule has 0 aromatic heterocycles. The van der Waals surface area contributed by atoms with Crippen LogP contribution in [-0.4, -0.2) is 58.5 Å². The Morgan fingerprint density at radius 1 is 0.851 bits per heavy atom. The number of carbonyl (C=O) groups is 2. The molecule has 248 valence electrons. The molecule has 0 spiro atoms. The van der Waals surface area contributed by atoms with Gasteiger partial charge in [0.15, 0.2) is 11.5 Å². The summed E-state index contributed by atoms with van der Waals surface area (Å²) >= 11 is 0. The van der Waals surface area contributed by atoms with Gasteiger partial charge in [-0.3, -0.25) is 13.9 Å². The fourth-order valence-corrected chi connectivity index (χ4v) is 6.53. The number of ether oxygens (including phenoxy) is 2. The number of methoxy groups -OCH3 is 2. The van der Waals surface area contributed by atoms with E-state index in [4.69, 9.17) is 9.47 Å². The number of unbranched alkanes of at least 4 members (excludes halogenated alkanes) is 1. The van der Waals surface area contributed by atoms with Crippen molar-refractivity contribution in [3.8, 4) is 11.5 Å². The van der Waals surface area contributed by atoms with Crippen LogP contribution in [0.4, 0.5) is 10.1 Å². The lowest BCUT2D eigenvalue weighted by molar-refractivity contribution is -0.140. The molecule has 11 heteroatoms. The molecule has 2 amide bonds. The van der Waals surface area contributed by atoms with Crippen molar-refractivity contribution in [2.24, 2.45) is 0 Å². The van der Waals surface area contributed by atoms with E-state index in [9.17, 15) is 18.0 Å². The first-order valence-corrected chi connectivity index (χ1v) is 16.8. The summed E-state index contributed by atoms with van der Waals surface area (Å²) in [6.07, 6.45) is 1.70. The number of benzene rings is 4. The van der Waals surface area contributed by atoms with E-state index in [1.165, 1.54) is 61.6 Å². The average Bonchev–Trinajstić information content (AvgIpc) is 3.09. The normalized spacial score (nSPS) is 11.7. The van der Waals surface area contributed by atoms with Crippen molar-refractivity contribution in [3.05, 3.63) is 120 Å². The van der Waals surface area contributed by atoms with Crippen LogP contribution in [0.25, 0.3) is 0 Å². The number of anilines is 1. The Bertz CT molecular complexity index is 1740. The zero-order valence-corrected chi connectivity index (χ0v) is 27.6. The highest BCUT2D eigenvalue weighted by molar-refractivity contribution is 7.92. The van der Waals surface area contributed by atoms with Crippen LogP contribution in [0.2, 0.25) is 0 Å². The highest BCUT2D eigenvalue weighted by Gasteiger charge is 2.35. The lowest BCUT2D eigenvalue weighted by atomic mass is 10.0. The van der Waals surface area contributed by atoms with E-state index in [1.807, 2.05) is 37.3 Å². The lowest BCUT2D eigenvalue weighted by Crippen LogP contribution is -2.53. The molecule has 1 unspecified atom stereocenters. The molecule has 0 heterocycles. The van der Waals surface area contributed by atoms with E-state index in [2.05, 4.69) is 5.32 Å². The van der Waals surface area contributed by atoms with Gasteiger partial charge in [0, 0.05) is 31.1 Å². The summed E-state index contributed by atoms with van der Waals surface area (Å²) in [7, 11) is -1.44. The molecule has 0 aliphatic heterocycles. The molecular weight excluding hydrogens is 621 g/mol. The molecule has 0 aliphatic rings. The highest BCUT2D eigenvalue weighted by Crippen LogP contribution is 2.34. The molecule has 4 aromatic rings. The van der Waals surface area contributed by atoms with Crippen LogP contribution >= 0.6 is 0 Å². The van der Waals surface area contributed by atoms with Crippen molar-refractivity contribution in [2.45, 2.75) is 43.7 Å². The number of nitrogens with one attached hydrogen (secondary N) is 1. The molecule has 4 rings (SSSR count). The van der Waals surface area contributed by atoms with Crippen molar-refractivity contribution >= 4 is 27.5 Å². The van der Waals surface area contributed by atoms with Gasteiger partial charge in [0.05, 0.1) is 24.8 Å². The Hall–Kier alpha value is -4.90. The Balaban J connectivity index is 1.83.